The van der Waals surface area contributed by atoms with Gasteiger partial charge in [0.05, 0.1) is 18.3 Å². The van der Waals surface area contributed by atoms with Crippen LogP contribution in [0.4, 0.5) is 0 Å². The fraction of sp³-hybridized carbons (Fsp3) is 0.118. The molecule has 2 aromatic carbocycles. The van der Waals surface area contributed by atoms with Gasteiger partial charge in [-0.05, 0) is 18.2 Å². The Morgan fingerprint density at radius 3 is 2.74 bits per heavy atom. The summed E-state index contributed by atoms with van der Waals surface area (Å²) in [4.78, 5) is 4.63. The molecule has 3 rings (SSSR count). The average Bonchev–Trinajstić information content (AvgIpc) is 2.48. The van der Waals surface area contributed by atoms with Crippen molar-refractivity contribution in [2.24, 2.45) is 0 Å². The van der Waals surface area contributed by atoms with Crippen molar-refractivity contribution in [1.82, 2.24) is 4.98 Å². The second kappa shape index (κ2) is 5.11. The molecule has 0 fully saturated rings. The third-order valence-corrected chi connectivity index (χ3v) is 3.14. The predicted molar refractivity (Wildman–Crippen MR) is 76.4 cm³/mol. The van der Waals surface area contributed by atoms with Gasteiger partial charge in [0.2, 0.25) is 0 Å². The number of pyridine rings is 1. The first-order valence-electron chi connectivity index (χ1n) is 6.25. The molecule has 19 heavy (non-hydrogen) atoms. The molecule has 1 heterocycles. The summed E-state index contributed by atoms with van der Waals surface area (Å²) in [5.41, 5.74) is 3.07. The molecule has 0 saturated heterocycles. The van der Waals surface area contributed by atoms with Crippen LogP contribution in [0.15, 0.2) is 54.6 Å². The number of rotatable bonds is 3. The van der Waals surface area contributed by atoms with E-state index in [1.165, 1.54) is 0 Å². The summed E-state index contributed by atoms with van der Waals surface area (Å²) >= 11 is 0. The van der Waals surface area contributed by atoms with Crippen LogP contribution < -0.4 is 4.74 Å². The minimum atomic E-state index is 0.731. The van der Waals surface area contributed by atoms with Gasteiger partial charge in [0.1, 0.15) is 5.75 Å². The lowest BCUT2D eigenvalue weighted by Crippen LogP contribution is -1.96. The number of para-hydroxylation sites is 2. The molecule has 1 radical (unpaired) electrons. The van der Waals surface area contributed by atoms with E-state index < -0.39 is 0 Å². The molecular formula is C17H14NO. The van der Waals surface area contributed by atoms with Crippen LogP contribution >= 0.6 is 0 Å². The van der Waals surface area contributed by atoms with Crippen molar-refractivity contribution in [3.63, 3.8) is 0 Å². The van der Waals surface area contributed by atoms with Gasteiger partial charge in [0, 0.05) is 23.4 Å². The summed E-state index contributed by atoms with van der Waals surface area (Å²) in [6, 6.07) is 21.3. The van der Waals surface area contributed by atoms with Crippen molar-refractivity contribution >= 4 is 10.9 Å². The highest BCUT2D eigenvalue weighted by Gasteiger charge is 2.05. The van der Waals surface area contributed by atoms with Crippen LogP contribution in [0.3, 0.4) is 0 Å². The van der Waals surface area contributed by atoms with Gasteiger partial charge in [-0.25, -0.2) is 0 Å². The van der Waals surface area contributed by atoms with Crippen LogP contribution in [0, 0.1) is 6.07 Å². The number of fused-ring (bicyclic) bond motifs is 1. The molecule has 2 heteroatoms. The van der Waals surface area contributed by atoms with Crippen LogP contribution in [-0.2, 0) is 6.42 Å². The fourth-order valence-corrected chi connectivity index (χ4v) is 2.17. The normalized spacial score (nSPS) is 10.6. The fourth-order valence-electron chi connectivity index (χ4n) is 2.17. The molecule has 0 aliphatic heterocycles. The molecule has 0 bridgehead atoms. The Morgan fingerprint density at radius 2 is 1.84 bits per heavy atom. The number of hydrogen-bond donors (Lipinski definition) is 0. The van der Waals surface area contributed by atoms with Crippen LogP contribution in [0.25, 0.3) is 10.9 Å². The van der Waals surface area contributed by atoms with E-state index in [-0.39, 0.29) is 0 Å². The molecule has 0 amide bonds. The van der Waals surface area contributed by atoms with Gasteiger partial charge in [-0.2, -0.15) is 0 Å². The molecule has 0 spiro atoms. The predicted octanol–water partition coefficient (Wildman–Crippen LogP) is 3.63. The quantitative estimate of drug-likeness (QED) is 0.706. The highest BCUT2D eigenvalue weighted by molar-refractivity contribution is 5.78. The molecule has 2 nitrogen and oxygen atoms in total. The number of methoxy groups -OCH3 is 1. The number of ether oxygens (including phenoxy) is 1. The van der Waals surface area contributed by atoms with Crippen molar-refractivity contribution in [2.45, 2.75) is 6.42 Å². The first-order valence-corrected chi connectivity index (χ1v) is 6.25. The van der Waals surface area contributed by atoms with Gasteiger partial charge in [0.25, 0.3) is 0 Å². The van der Waals surface area contributed by atoms with Gasteiger partial charge in [-0.15, -0.1) is 0 Å². The van der Waals surface area contributed by atoms with E-state index in [0.717, 1.165) is 34.3 Å². The molecular weight excluding hydrogens is 234 g/mol. The van der Waals surface area contributed by atoms with Gasteiger partial charge < -0.3 is 4.74 Å². The van der Waals surface area contributed by atoms with E-state index in [0.29, 0.717) is 0 Å². The Hall–Kier alpha value is -2.35. The first kappa shape index (κ1) is 11.7. The maximum atomic E-state index is 5.36. The highest BCUT2D eigenvalue weighted by atomic mass is 16.5. The largest absolute Gasteiger partial charge is 0.496 e. The molecule has 1 aromatic heterocycles. The maximum absolute atomic E-state index is 5.36. The van der Waals surface area contributed by atoms with Crippen molar-refractivity contribution in [1.29, 1.82) is 0 Å². The molecule has 0 atom stereocenters. The van der Waals surface area contributed by atoms with Crippen LogP contribution in [0.2, 0.25) is 0 Å². The van der Waals surface area contributed by atoms with Crippen LogP contribution in [-0.4, -0.2) is 12.1 Å². The van der Waals surface area contributed by atoms with E-state index in [1.54, 1.807) is 7.11 Å². The SMILES string of the molecule is COc1ccccc1Cc1[c]cc2ccccc2n1. The Bertz CT molecular complexity index is 706. The second-order valence-corrected chi connectivity index (χ2v) is 4.39. The molecule has 0 saturated carbocycles. The molecule has 93 valence electrons. The smallest absolute Gasteiger partial charge is 0.122 e. The summed E-state index contributed by atoms with van der Waals surface area (Å²) in [7, 11) is 1.69. The minimum Gasteiger partial charge on any atom is -0.496 e. The summed E-state index contributed by atoms with van der Waals surface area (Å²) < 4.78 is 5.36. The highest BCUT2D eigenvalue weighted by Crippen LogP contribution is 2.21. The van der Waals surface area contributed by atoms with Crippen LogP contribution in [0.1, 0.15) is 11.3 Å². The molecule has 0 N–H and O–H groups in total. The molecule has 3 aromatic rings. The van der Waals surface area contributed by atoms with E-state index in [1.807, 2.05) is 48.5 Å². The van der Waals surface area contributed by atoms with E-state index >= 15 is 0 Å². The third-order valence-electron chi connectivity index (χ3n) is 3.14. The lowest BCUT2D eigenvalue weighted by atomic mass is 10.1. The number of benzene rings is 2. The van der Waals surface area contributed by atoms with E-state index in [4.69, 9.17) is 4.74 Å². The maximum Gasteiger partial charge on any atom is 0.122 e. The Kier molecular flexibility index (Phi) is 3.15. The van der Waals surface area contributed by atoms with E-state index in [2.05, 4.69) is 17.1 Å². The number of aromatic nitrogens is 1. The zero-order valence-corrected chi connectivity index (χ0v) is 10.8. The lowest BCUT2D eigenvalue weighted by molar-refractivity contribution is 0.410. The summed E-state index contributed by atoms with van der Waals surface area (Å²) in [5, 5.41) is 1.12. The monoisotopic (exact) mass is 248 g/mol. The lowest BCUT2D eigenvalue weighted by Gasteiger charge is -2.08. The molecule has 0 aliphatic carbocycles. The third kappa shape index (κ3) is 2.43. The van der Waals surface area contributed by atoms with Crippen molar-refractivity contribution in [2.75, 3.05) is 7.11 Å². The molecule has 0 unspecified atom stereocenters. The van der Waals surface area contributed by atoms with Crippen molar-refractivity contribution < 1.29 is 4.74 Å². The van der Waals surface area contributed by atoms with Crippen molar-refractivity contribution in [3.8, 4) is 5.75 Å². The van der Waals surface area contributed by atoms with Gasteiger partial charge in [-0.3, -0.25) is 4.98 Å². The average molecular weight is 248 g/mol. The Morgan fingerprint density at radius 1 is 1.05 bits per heavy atom. The standard InChI is InChI=1S/C17H14NO/c1-19-17-9-5-3-7-14(17)12-15-11-10-13-6-2-4-8-16(13)18-15/h2-10H,12H2,1H3. The van der Waals surface area contributed by atoms with E-state index in [9.17, 15) is 0 Å². The Balaban J connectivity index is 1.96. The summed E-state index contributed by atoms with van der Waals surface area (Å²) in [5.74, 6) is 0.894. The first-order chi connectivity index (χ1) is 9.36. The van der Waals surface area contributed by atoms with Gasteiger partial charge in [0.15, 0.2) is 0 Å². The zero-order valence-electron chi connectivity index (χ0n) is 10.8. The Labute approximate surface area is 112 Å². The van der Waals surface area contributed by atoms with Gasteiger partial charge >= 0.3 is 0 Å². The summed E-state index contributed by atoms with van der Waals surface area (Å²) in [6.45, 7) is 0. The zero-order chi connectivity index (χ0) is 13.1. The second-order valence-electron chi connectivity index (χ2n) is 4.39. The summed E-state index contributed by atoms with van der Waals surface area (Å²) in [6.07, 6.45) is 0.731. The minimum absolute atomic E-state index is 0.731. The number of nitrogens with zero attached hydrogens (tertiary/aromatic N) is 1. The van der Waals surface area contributed by atoms with Gasteiger partial charge in [-0.1, -0.05) is 36.4 Å². The number of hydrogen-bond acceptors (Lipinski definition) is 2. The topological polar surface area (TPSA) is 22.1 Å². The van der Waals surface area contributed by atoms with Crippen LogP contribution in [0.5, 0.6) is 5.75 Å². The van der Waals surface area contributed by atoms with Crippen molar-refractivity contribution in [3.05, 3.63) is 71.9 Å². The molecule has 0 aliphatic rings.